The highest BCUT2D eigenvalue weighted by Crippen LogP contribution is 2.07. The van der Waals surface area contributed by atoms with E-state index in [0.717, 1.165) is 69.8 Å². The third-order valence-corrected chi connectivity index (χ3v) is 4.36. The Labute approximate surface area is 173 Å². The van der Waals surface area contributed by atoms with Crippen molar-refractivity contribution in [2.75, 3.05) is 46.5 Å². The zero-order valence-electron chi connectivity index (χ0n) is 17.9. The summed E-state index contributed by atoms with van der Waals surface area (Å²) in [5.74, 6) is 2.74. The Hall–Kier alpha value is -2.61. The summed E-state index contributed by atoms with van der Waals surface area (Å²) in [5.41, 5.74) is 0. The minimum Gasteiger partial charge on any atom is -0.492 e. The number of hydrogen-bond acceptors (Lipinski definition) is 5. The average Bonchev–Trinajstić information content (AvgIpc) is 3.20. The molecular formula is C21H34N6O2. The highest BCUT2D eigenvalue weighted by atomic mass is 16.5. The van der Waals surface area contributed by atoms with Crippen LogP contribution < -0.4 is 10.1 Å². The number of ether oxygens (including phenoxy) is 2. The van der Waals surface area contributed by atoms with Gasteiger partial charge in [-0.25, -0.2) is 0 Å². The molecule has 1 aromatic heterocycles. The molecule has 2 rings (SSSR count). The standard InChI is InChI=1S/C21H34N6O2/c1-4-20-25-24-18-27(20)14-13-23-21(22-12-9-16-28-5-2)26(3)15-17-29-19-10-7-6-8-11-19/h6-8,10-11,18H,4-5,9,12-17H2,1-3H3,(H,22,23). The molecule has 160 valence electrons. The molecule has 2 aromatic rings. The van der Waals surface area contributed by atoms with Crippen LogP contribution in [-0.2, 0) is 17.7 Å². The van der Waals surface area contributed by atoms with Gasteiger partial charge in [-0.2, -0.15) is 0 Å². The molecule has 8 heteroatoms. The van der Waals surface area contributed by atoms with Gasteiger partial charge < -0.3 is 24.3 Å². The third-order valence-electron chi connectivity index (χ3n) is 4.36. The van der Waals surface area contributed by atoms with Crippen LogP contribution in [0.1, 0.15) is 26.1 Å². The van der Waals surface area contributed by atoms with Crippen molar-refractivity contribution in [1.29, 1.82) is 0 Å². The van der Waals surface area contributed by atoms with E-state index >= 15 is 0 Å². The molecule has 0 aliphatic carbocycles. The largest absolute Gasteiger partial charge is 0.492 e. The van der Waals surface area contributed by atoms with E-state index in [4.69, 9.17) is 14.5 Å². The maximum atomic E-state index is 5.81. The smallest absolute Gasteiger partial charge is 0.193 e. The first-order valence-electron chi connectivity index (χ1n) is 10.4. The van der Waals surface area contributed by atoms with E-state index in [9.17, 15) is 0 Å². The van der Waals surface area contributed by atoms with Crippen molar-refractivity contribution < 1.29 is 9.47 Å². The number of nitrogens with zero attached hydrogens (tertiary/aromatic N) is 5. The Balaban J connectivity index is 1.84. The molecule has 8 nitrogen and oxygen atoms in total. The summed E-state index contributed by atoms with van der Waals surface area (Å²) >= 11 is 0. The van der Waals surface area contributed by atoms with Crippen molar-refractivity contribution in [1.82, 2.24) is 25.0 Å². The second-order valence-corrected chi connectivity index (χ2v) is 6.56. The summed E-state index contributed by atoms with van der Waals surface area (Å²) in [4.78, 5) is 6.83. The van der Waals surface area contributed by atoms with E-state index in [1.54, 1.807) is 6.33 Å². The summed E-state index contributed by atoms with van der Waals surface area (Å²) in [6.07, 6.45) is 3.55. The van der Waals surface area contributed by atoms with Crippen LogP contribution in [0.25, 0.3) is 0 Å². The molecule has 0 radical (unpaired) electrons. The normalized spacial score (nSPS) is 11.5. The lowest BCUT2D eigenvalue weighted by molar-refractivity contribution is 0.146. The molecule has 0 fully saturated rings. The Bertz CT molecular complexity index is 704. The molecule has 0 atom stereocenters. The van der Waals surface area contributed by atoms with E-state index in [0.29, 0.717) is 6.61 Å². The molecule has 0 amide bonds. The highest BCUT2D eigenvalue weighted by molar-refractivity contribution is 5.79. The number of nitrogens with one attached hydrogen (secondary N) is 1. The molecule has 0 bridgehead atoms. The fraction of sp³-hybridized carbons (Fsp3) is 0.571. The Morgan fingerprint density at radius 3 is 2.79 bits per heavy atom. The predicted octanol–water partition coefficient (Wildman–Crippen LogP) is 2.22. The monoisotopic (exact) mass is 402 g/mol. The lowest BCUT2D eigenvalue weighted by atomic mass is 10.3. The Morgan fingerprint density at radius 2 is 2.03 bits per heavy atom. The quantitative estimate of drug-likeness (QED) is 0.315. The van der Waals surface area contributed by atoms with E-state index < -0.39 is 0 Å². The molecule has 0 aliphatic rings. The highest BCUT2D eigenvalue weighted by Gasteiger charge is 2.08. The van der Waals surface area contributed by atoms with E-state index in [-0.39, 0.29) is 0 Å². The number of benzene rings is 1. The van der Waals surface area contributed by atoms with Crippen LogP contribution in [0.15, 0.2) is 41.7 Å². The summed E-state index contributed by atoms with van der Waals surface area (Å²) < 4.78 is 13.3. The van der Waals surface area contributed by atoms with Crippen molar-refractivity contribution in [3.63, 3.8) is 0 Å². The van der Waals surface area contributed by atoms with Crippen LogP contribution in [0.3, 0.4) is 0 Å². The second kappa shape index (κ2) is 13.5. The minimum atomic E-state index is 0.589. The second-order valence-electron chi connectivity index (χ2n) is 6.56. The Kier molecular flexibility index (Phi) is 10.6. The number of aliphatic imine (C=N–C) groups is 1. The van der Waals surface area contributed by atoms with Crippen LogP contribution in [0.4, 0.5) is 0 Å². The van der Waals surface area contributed by atoms with E-state index in [1.165, 1.54) is 0 Å². The van der Waals surface area contributed by atoms with Crippen LogP contribution in [0.2, 0.25) is 0 Å². The Morgan fingerprint density at radius 1 is 1.21 bits per heavy atom. The summed E-state index contributed by atoms with van der Waals surface area (Å²) in [6.45, 7) is 9.15. The van der Waals surface area contributed by atoms with Gasteiger partial charge in [-0.15, -0.1) is 10.2 Å². The average molecular weight is 403 g/mol. The fourth-order valence-corrected chi connectivity index (χ4v) is 2.76. The first-order valence-corrected chi connectivity index (χ1v) is 10.4. The SMILES string of the molecule is CCOCCCN=C(NCCn1cnnc1CC)N(C)CCOc1ccccc1. The lowest BCUT2D eigenvalue weighted by Crippen LogP contribution is -2.42. The number of para-hydroxylation sites is 1. The van der Waals surface area contributed by atoms with Gasteiger partial charge in [0.05, 0.1) is 6.54 Å². The zero-order valence-corrected chi connectivity index (χ0v) is 17.9. The molecule has 0 unspecified atom stereocenters. The fourth-order valence-electron chi connectivity index (χ4n) is 2.76. The lowest BCUT2D eigenvalue weighted by Gasteiger charge is -2.23. The number of rotatable bonds is 13. The third kappa shape index (κ3) is 8.51. The van der Waals surface area contributed by atoms with Gasteiger partial charge in [0.2, 0.25) is 0 Å². The molecule has 1 N–H and O–H groups in total. The van der Waals surface area contributed by atoms with Crippen LogP contribution in [0, 0.1) is 0 Å². The topological polar surface area (TPSA) is 76.8 Å². The van der Waals surface area contributed by atoms with E-state index in [2.05, 4.69) is 31.9 Å². The number of guanidine groups is 1. The van der Waals surface area contributed by atoms with Crippen molar-refractivity contribution in [2.45, 2.75) is 33.2 Å². The van der Waals surface area contributed by atoms with Gasteiger partial charge in [0.15, 0.2) is 5.96 Å². The molecule has 0 saturated heterocycles. The summed E-state index contributed by atoms with van der Waals surface area (Å²) in [7, 11) is 2.03. The van der Waals surface area contributed by atoms with E-state index in [1.807, 2.05) is 44.3 Å². The van der Waals surface area contributed by atoms with Gasteiger partial charge >= 0.3 is 0 Å². The van der Waals surface area contributed by atoms with Gasteiger partial charge in [-0.05, 0) is 25.5 Å². The first kappa shape index (κ1) is 22.7. The molecule has 0 aliphatic heterocycles. The van der Waals surface area contributed by atoms with Crippen molar-refractivity contribution in [3.8, 4) is 5.75 Å². The molecular weight excluding hydrogens is 368 g/mol. The number of likely N-dealkylation sites (N-methyl/N-ethyl adjacent to an activating group) is 1. The predicted molar refractivity (Wildman–Crippen MR) is 115 cm³/mol. The minimum absolute atomic E-state index is 0.589. The number of hydrogen-bond donors (Lipinski definition) is 1. The van der Waals surface area contributed by atoms with Crippen molar-refractivity contribution in [2.24, 2.45) is 4.99 Å². The molecule has 0 saturated carbocycles. The summed E-state index contributed by atoms with van der Waals surface area (Å²) in [6, 6.07) is 9.86. The number of aryl methyl sites for hydroxylation is 1. The number of aromatic nitrogens is 3. The molecule has 29 heavy (non-hydrogen) atoms. The van der Waals surface area contributed by atoms with Gasteiger partial charge in [0, 0.05) is 46.3 Å². The van der Waals surface area contributed by atoms with Crippen LogP contribution in [-0.4, -0.2) is 72.1 Å². The van der Waals surface area contributed by atoms with Gasteiger partial charge in [-0.3, -0.25) is 4.99 Å². The molecule has 1 heterocycles. The molecule has 0 spiro atoms. The zero-order chi connectivity index (χ0) is 20.7. The van der Waals surface area contributed by atoms with Crippen molar-refractivity contribution >= 4 is 5.96 Å². The maximum absolute atomic E-state index is 5.81. The van der Waals surface area contributed by atoms with Gasteiger partial charge in [0.25, 0.3) is 0 Å². The maximum Gasteiger partial charge on any atom is 0.193 e. The molecule has 1 aromatic carbocycles. The van der Waals surface area contributed by atoms with Gasteiger partial charge in [0.1, 0.15) is 24.5 Å². The van der Waals surface area contributed by atoms with Crippen molar-refractivity contribution in [3.05, 3.63) is 42.5 Å². The van der Waals surface area contributed by atoms with Gasteiger partial charge in [-0.1, -0.05) is 25.1 Å². The van der Waals surface area contributed by atoms with Crippen LogP contribution >= 0.6 is 0 Å². The first-order chi connectivity index (χ1) is 14.2. The summed E-state index contributed by atoms with van der Waals surface area (Å²) in [5, 5.41) is 11.6. The van der Waals surface area contributed by atoms with Crippen LogP contribution in [0.5, 0.6) is 5.75 Å².